The van der Waals surface area contributed by atoms with Gasteiger partial charge in [-0.15, -0.1) is 0 Å². The Morgan fingerprint density at radius 3 is 1.76 bits per heavy atom. The van der Waals surface area contributed by atoms with E-state index in [2.05, 4.69) is 6.92 Å². The fourth-order valence-corrected chi connectivity index (χ4v) is 4.13. The minimum atomic E-state index is -1.69. The fourth-order valence-electron chi connectivity index (χ4n) is 4.13. The summed E-state index contributed by atoms with van der Waals surface area (Å²) in [6, 6.07) is 0. The average molecular weight is 483 g/mol. The molecule has 2 rings (SSSR count). The Morgan fingerprint density at radius 1 is 0.606 bits per heavy atom. The van der Waals surface area contributed by atoms with Gasteiger partial charge in [-0.25, -0.2) is 0 Å². The highest BCUT2D eigenvalue weighted by Gasteiger charge is 2.50. The zero-order valence-corrected chi connectivity index (χ0v) is 19.3. The van der Waals surface area contributed by atoms with Crippen LogP contribution in [0.15, 0.2) is 0 Å². The quantitative estimate of drug-likeness (QED) is 0.147. The largest absolute Gasteiger partial charge is 0.394 e. The lowest BCUT2D eigenvalue weighted by molar-refractivity contribution is -0.359. The van der Waals surface area contributed by atoms with Gasteiger partial charge in [0.15, 0.2) is 12.6 Å². The predicted molar refractivity (Wildman–Crippen MR) is 115 cm³/mol. The Balaban J connectivity index is 1.82. The predicted octanol–water partition coefficient (Wildman–Crippen LogP) is -1.23. The molecule has 0 bridgehead atoms. The van der Waals surface area contributed by atoms with E-state index in [1.807, 2.05) is 0 Å². The van der Waals surface area contributed by atoms with Gasteiger partial charge < -0.3 is 54.7 Å². The summed E-state index contributed by atoms with van der Waals surface area (Å²) in [7, 11) is 0. The number of ether oxygens (including phenoxy) is 4. The lowest BCUT2D eigenvalue weighted by Gasteiger charge is -2.45. The molecule has 2 heterocycles. The van der Waals surface area contributed by atoms with Crippen molar-refractivity contribution in [2.24, 2.45) is 0 Å². The van der Waals surface area contributed by atoms with Crippen LogP contribution in [0.2, 0.25) is 0 Å². The first-order chi connectivity index (χ1) is 15.8. The lowest BCUT2D eigenvalue weighted by Crippen LogP contribution is -2.64. The molecule has 2 saturated heterocycles. The minimum absolute atomic E-state index is 0.319. The van der Waals surface area contributed by atoms with E-state index in [9.17, 15) is 35.7 Å². The molecule has 0 aromatic carbocycles. The molecule has 0 aromatic rings. The van der Waals surface area contributed by atoms with E-state index < -0.39 is 74.6 Å². The molecule has 2 aliphatic heterocycles. The van der Waals surface area contributed by atoms with E-state index in [1.165, 1.54) is 32.1 Å². The molecule has 0 radical (unpaired) electrons. The van der Waals surface area contributed by atoms with Crippen molar-refractivity contribution in [3.8, 4) is 0 Å². The van der Waals surface area contributed by atoms with Crippen LogP contribution in [0.4, 0.5) is 0 Å². The second kappa shape index (κ2) is 14.8. The zero-order valence-electron chi connectivity index (χ0n) is 19.3. The summed E-state index contributed by atoms with van der Waals surface area (Å²) in [5.41, 5.74) is 0. The molecule has 33 heavy (non-hydrogen) atoms. The van der Waals surface area contributed by atoms with Crippen LogP contribution in [0, 0.1) is 0 Å². The molecule has 0 spiro atoms. The van der Waals surface area contributed by atoms with Crippen LogP contribution in [0.25, 0.3) is 0 Å². The van der Waals surface area contributed by atoms with E-state index in [0.29, 0.717) is 6.61 Å². The summed E-state index contributed by atoms with van der Waals surface area (Å²) in [6.45, 7) is 1.28. The topological polar surface area (TPSA) is 179 Å². The van der Waals surface area contributed by atoms with E-state index in [1.54, 1.807) is 0 Å². The Morgan fingerprint density at radius 2 is 1.15 bits per heavy atom. The molecule has 196 valence electrons. The molecule has 7 N–H and O–H groups in total. The van der Waals surface area contributed by atoms with Gasteiger partial charge in [-0.2, -0.15) is 0 Å². The highest BCUT2D eigenvalue weighted by atomic mass is 16.7. The number of hydrogen-bond donors (Lipinski definition) is 7. The number of aliphatic hydroxyl groups is 7. The molecular formula is C22H42O11. The summed E-state index contributed by atoms with van der Waals surface area (Å²) in [6.07, 6.45) is -5.35. The lowest BCUT2D eigenvalue weighted by atomic mass is 9.97. The maximum absolute atomic E-state index is 10.6. The van der Waals surface area contributed by atoms with Crippen LogP contribution in [0.3, 0.4) is 0 Å². The van der Waals surface area contributed by atoms with Gasteiger partial charge in [0.1, 0.15) is 48.8 Å². The van der Waals surface area contributed by atoms with Gasteiger partial charge >= 0.3 is 0 Å². The van der Waals surface area contributed by atoms with Gasteiger partial charge in [0, 0.05) is 6.61 Å². The highest BCUT2D eigenvalue weighted by Crippen LogP contribution is 2.29. The second-order valence-electron chi connectivity index (χ2n) is 8.85. The first-order valence-corrected chi connectivity index (χ1v) is 12.1. The average Bonchev–Trinajstić information content (AvgIpc) is 2.82. The van der Waals surface area contributed by atoms with Crippen LogP contribution in [0.5, 0.6) is 0 Å². The molecule has 0 amide bonds. The van der Waals surface area contributed by atoms with Crippen LogP contribution < -0.4 is 0 Å². The van der Waals surface area contributed by atoms with Gasteiger partial charge in [-0.3, -0.25) is 0 Å². The summed E-state index contributed by atoms with van der Waals surface area (Å²) in [5.74, 6) is 0. The van der Waals surface area contributed by atoms with Crippen molar-refractivity contribution in [3.05, 3.63) is 0 Å². The standard InChI is InChI=1S/C22H42O11/c1-2-3-4-5-6-7-8-9-10-30-21-19(29)17(27)20(14(12-24)32-21)33-22-18(28)16(26)15(25)13(11-23)31-22/h13-29H,2-12H2,1H3/t13?,14?,15-,16+,17-,18?,19?,20-,21-,22-/m1/s1. The smallest absolute Gasteiger partial charge is 0.187 e. The van der Waals surface area contributed by atoms with Gasteiger partial charge in [-0.1, -0.05) is 51.9 Å². The molecule has 11 nitrogen and oxygen atoms in total. The number of aliphatic hydroxyl groups excluding tert-OH is 7. The molecule has 2 fully saturated rings. The summed E-state index contributed by atoms with van der Waals surface area (Å²) < 4.78 is 22.0. The number of rotatable bonds is 14. The molecule has 0 aromatic heterocycles. The Hall–Kier alpha value is -0.440. The van der Waals surface area contributed by atoms with Crippen LogP contribution in [-0.2, 0) is 18.9 Å². The fraction of sp³-hybridized carbons (Fsp3) is 1.00. The van der Waals surface area contributed by atoms with E-state index in [4.69, 9.17) is 18.9 Å². The van der Waals surface area contributed by atoms with Crippen molar-refractivity contribution in [2.45, 2.75) is 120 Å². The Kier molecular flexibility index (Phi) is 13.0. The van der Waals surface area contributed by atoms with Gasteiger partial charge in [0.05, 0.1) is 13.2 Å². The highest BCUT2D eigenvalue weighted by molar-refractivity contribution is 4.94. The van der Waals surface area contributed by atoms with Crippen LogP contribution in [0.1, 0.15) is 58.3 Å². The second-order valence-corrected chi connectivity index (χ2v) is 8.85. The SMILES string of the molecule is CCCCCCCCCCO[C@@H]1OC(CO)[C@@H](O[C@H]2OC(CO)[C@@H](O)[C@H](O)C2O)[C@H](O)C1O. The minimum Gasteiger partial charge on any atom is -0.394 e. The Bertz CT molecular complexity index is 521. The van der Waals surface area contributed by atoms with Crippen molar-refractivity contribution in [1.29, 1.82) is 0 Å². The van der Waals surface area contributed by atoms with Crippen molar-refractivity contribution in [1.82, 2.24) is 0 Å². The van der Waals surface area contributed by atoms with Crippen LogP contribution >= 0.6 is 0 Å². The normalized spacial score (nSPS) is 39.6. The first-order valence-electron chi connectivity index (χ1n) is 12.1. The Labute approximate surface area is 194 Å². The molecular weight excluding hydrogens is 440 g/mol. The first kappa shape index (κ1) is 28.8. The maximum atomic E-state index is 10.6. The van der Waals surface area contributed by atoms with Crippen molar-refractivity contribution in [3.63, 3.8) is 0 Å². The van der Waals surface area contributed by atoms with Crippen molar-refractivity contribution >= 4 is 0 Å². The molecule has 2 aliphatic rings. The third kappa shape index (κ3) is 8.04. The van der Waals surface area contributed by atoms with Gasteiger partial charge in [-0.05, 0) is 6.42 Å². The van der Waals surface area contributed by atoms with Gasteiger partial charge in [0.25, 0.3) is 0 Å². The van der Waals surface area contributed by atoms with Crippen LogP contribution in [-0.4, -0.2) is 117 Å². The molecule has 0 saturated carbocycles. The molecule has 0 aliphatic carbocycles. The number of hydrogen-bond acceptors (Lipinski definition) is 11. The van der Waals surface area contributed by atoms with Crippen molar-refractivity contribution in [2.75, 3.05) is 19.8 Å². The van der Waals surface area contributed by atoms with Gasteiger partial charge in [0.2, 0.25) is 0 Å². The zero-order chi connectivity index (χ0) is 24.4. The third-order valence-electron chi connectivity index (χ3n) is 6.24. The third-order valence-corrected chi connectivity index (χ3v) is 6.24. The summed E-state index contributed by atoms with van der Waals surface area (Å²) in [5, 5.41) is 69.9. The van der Waals surface area contributed by atoms with E-state index in [-0.39, 0.29) is 0 Å². The number of unbranched alkanes of at least 4 members (excludes halogenated alkanes) is 7. The molecule has 11 heteroatoms. The van der Waals surface area contributed by atoms with Crippen molar-refractivity contribution < 1.29 is 54.7 Å². The molecule has 10 atom stereocenters. The summed E-state index contributed by atoms with van der Waals surface area (Å²) in [4.78, 5) is 0. The van der Waals surface area contributed by atoms with E-state index in [0.717, 1.165) is 19.3 Å². The summed E-state index contributed by atoms with van der Waals surface area (Å²) >= 11 is 0. The molecule has 4 unspecified atom stereocenters. The maximum Gasteiger partial charge on any atom is 0.187 e. The van der Waals surface area contributed by atoms with E-state index >= 15 is 0 Å². The monoisotopic (exact) mass is 482 g/mol.